The van der Waals surface area contributed by atoms with Crippen LogP contribution < -0.4 is 0 Å². The van der Waals surface area contributed by atoms with Gasteiger partial charge in [-0.05, 0) is 77.0 Å². The molecule has 92 heavy (non-hydrogen) atoms. The fraction of sp³-hybridized carbons (Fsp3) is 0.863. The van der Waals surface area contributed by atoms with Crippen molar-refractivity contribution in [2.24, 2.45) is 0 Å². The van der Waals surface area contributed by atoms with Gasteiger partial charge in [0.05, 0.1) is 26.4 Å². The summed E-state index contributed by atoms with van der Waals surface area (Å²) in [6.07, 6.45) is 60.0. The van der Waals surface area contributed by atoms with Crippen molar-refractivity contribution in [2.75, 3.05) is 39.6 Å². The molecule has 0 aliphatic heterocycles. The summed E-state index contributed by atoms with van der Waals surface area (Å²) < 4.78 is 68.3. The highest BCUT2D eigenvalue weighted by Gasteiger charge is 2.30. The number of esters is 4. The molecule has 0 heterocycles. The summed E-state index contributed by atoms with van der Waals surface area (Å²) >= 11 is 0. The molecule has 19 heteroatoms. The Kier molecular flexibility index (Phi) is 64.9. The van der Waals surface area contributed by atoms with E-state index < -0.39 is 97.5 Å². The lowest BCUT2D eigenvalue weighted by molar-refractivity contribution is -0.161. The largest absolute Gasteiger partial charge is 0.472 e. The van der Waals surface area contributed by atoms with Crippen LogP contribution in [0.25, 0.3) is 0 Å². The lowest BCUT2D eigenvalue weighted by Crippen LogP contribution is -2.30. The predicted octanol–water partition coefficient (Wildman–Crippen LogP) is 20.8. The minimum absolute atomic E-state index is 0.0829. The number of aliphatic hydroxyl groups excluding tert-OH is 1. The monoisotopic (exact) mass is 1350 g/mol. The third-order valence-electron chi connectivity index (χ3n) is 16.1. The maximum Gasteiger partial charge on any atom is 0.472 e. The first-order chi connectivity index (χ1) is 44.7. The Hall–Kier alpha value is -2.72. The van der Waals surface area contributed by atoms with E-state index >= 15 is 0 Å². The number of aliphatic hydroxyl groups is 1. The molecular formula is C73H136O17P2. The molecule has 5 unspecified atom stereocenters. The molecule has 0 saturated heterocycles. The molecule has 0 saturated carbocycles. The molecule has 0 aromatic heterocycles. The molecule has 0 rings (SSSR count). The molecule has 5 atom stereocenters. The summed E-state index contributed by atoms with van der Waals surface area (Å²) in [6.45, 7) is 4.83. The molecule has 0 spiro atoms. The number of carbonyl (C=O) groups is 4. The first kappa shape index (κ1) is 89.3. The van der Waals surface area contributed by atoms with Gasteiger partial charge in [0.15, 0.2) is 12.2 Å². The molecule has 0 aliphatic carbocycles. The maximum atomic E-state index is 13.0. The zero-order valence-electron chi connectivity index (χ0n) is 58.7. The van der Waals surface area contributed by atoms with E-state index in [0.29, 0.717) is 25.7 Å². The van der Waals surface area contributed by atoms with Gasteiger partial charge in [0.2, 0.25) is 0 Å². The summed E-state index contributed by atoms with van der Waals surface area (Å²) in [5.74, 6) is -2.16. The average Bonchev–Trinajstić information content (AvgIpc) is 1.82. The lowest BCUT2D eigenvalue weighted by Gasteiger charge is -2.21. The van der Waals surface area contributed by atoms with Crippen LogP contribution >= 0.6 is 15.6 Å². The maximum absolute atomic E-state index is 13.0. The minimum Gasteiger partial charge on any atom is -0.462 e. The highest BCUT2D eigenvalue weighted by Crippen LogP contribution is 2.45. The fourth-order valence-corrected chi connectivity index (χ4v) is 12.0. The van der Waals surface area contributed by atoms with Crippen LogP contribution in [0.1, 0.15) is 349 Å². The van der Waals surface area contributed by atoms with Crippen molar-refractivity contribution in [3.05, 3.63) is 36.5 Å². The van der Waals surface area contributed by atoms with Crippen molar-refractivity contribution in [3.8, 4) is 0 Å². The van der Waals surface area contributed by atoms with Crippen molar-refractivity contribution in [1.82, 2.24) is 0 Å². The predicted molar refractivity (Wildman–Crippen MR) is 372 cm³/mol. The number of carbonyl (C=O) groups excluding carboxylic acids is 4. The standard InChI is InChI=1S/C73H136O17P2/c1-5-9-13-17-21-25-29-32-33-36-39-42-46-50-54-58-71(76)84-64-69(90-73(78)60-56-52-48-44-40-35-31-27-23-19-15-11-7-3)66-88-92(81,82)86-62-67(74)61-85-91(79,80)87-65-68(89-72(77)59-55-51-47-43-37-28-24-20-16-12-8-4)63-83-70(75)57-53-49-45-41-38-34-30-26-22-18-14-10-6-2/h15,19,27,31-33,67-69,74H,5-14,16-18,20-26,28-30,34-66H2,1-4H3,(H,79,80)(H,81,82)/b19-15-,31-27-,33-32-. The van der Waals surface area contributed by atoms with Gasteiger partial charge in [-0.3, -0.25) is 37.3 Å². The van der Waals surface area contributed by atoms with Crippen LogP contribution in [-0.2, 0) is 65.4 Å². The number of hydrogen-bond donors (Lipinski definition) is 3. The SMILES string of the molecule is CCC/C=C\C/C=C\CCCCCCCC(=O)OC(COC(=O)CCCCCCC/C=C\CCCCCCCC)COP(=O)(O)OCC(O)COP(=O)(O)OCC(COC(=O)CCCCCCCCCCCCCCC)OC(=O)CCCCCCCCCCCCC. The van der Waals surface area contributed by atoms with E-state index in [4.69, 9.17) is 37.0 Å². The number of phosphoric acid groups is 2. The second kappa shape index (κ2) is 66.9. The minimum atomic E-state index is -4.96. The second-order valence-corrected chi connectivity index (χ2v) is 28.2. The number of rotatable bonds is 71. The number of unbranched alkanes of at least 4 members (excludes halogenated alkanes) is 39. The number of allylic oxidation sites excluding steroid dienone is 6. The molecule has 540 valence electrons. The highest BCUT2D eigenvalue weighted by molar-refractivity contribution is 7.47. The molecule has 0 aromatic rings. The fourth-order valence-electron chi connectivity index (χ4n) is 10.4. The lowest BCUT2D eigenvalue weighted by atomic mass is 10.0. The molecule has 0 aromatic carbocycles. The zero-order valence-corrected chi connectivity index (χ0v) is 60.5. The Balaban J connectivity index is 5.29. The number of ether oxygens (including phenoxy) is 4. The number of phosphoric ester groups is 2. The van der Waals surface area contributed by atoms with Crippen LogP contribution in [0.15, 0.2) is 36.5 Å². The van der Waals surface area contributed by atoms with Crippen LogP contribution in [0.5, 0.6) is 0 Å². The van der Waals surface area contributed by atoms with E-state index in [1.54, 1.807) is 0 Å². The molecule has 0 amide bonds. The van der Waals surface area contributed by atoms with Crippen LogP contribution in [0.4, 0.5) is 0 Å². The van der Waals surface area contributed by atoms with E-state index in [1.165, 1.54) is 135 Å². The quantitative estimate of drug-likeness (QED) is 0.0169. The second-order valence-electron chi connectivity index (χ2n) is 25.2. The van der Waals surface area contributed by atoms with Crippen LogP contribution in [0, 0.1) is 0 Å². The van der Waals surface area contributed by atoms with E-state index in [2.05, 4.69) is 64.2 Å². The zero-order chi connectivity index (χ0) is 67.5. The summed E-state index contributed by atoms with van der Waals surface area (Å²) in [5, 5.41) is 10.6. The number of hydrogen-bond acceptors (Lipinski definition) is 15. The van der Waals surface area contributed by atoms with Crippen LogP contribution in [0.3, 0.4) is 0 Å². The first-order valence-corrected chi connectivity index (χ1v) is 40.2. The molecular weight excluding hydrogens is 1210 g/mol. The Morgan fingerprint density at radius 1 is 0.304 bits per heavy atom. The van der Waals surface area contributed by atoms with Crippen molar-refractivity contribution in [3.63, 3.8) is 0 Å². The third-order valence-corrected chi connectivity index (χ3v) is 18.0. The van der Waals surface area contributed by atoms with Gasteiger partial charge in [-0.25, -0.2) is 9.13 Å². The third kappa shape index (κ3) is 65.9. The van der Waals surface area contributed by atoms with Crippen molar-refractivity contribution in [1.29, 1.82) is 0 Å². The molecule has 0 radical (unpaired) electrons. The van der Waals surface area contributed by atoms with E-state index in [0.717, 1.165) is 135 Å². The topological polar surface area (TPSA) is 237 Å². The van der Waals surface area contributed by atoms with Crippen LogP contribution in [0.2, 0.25) is 0 Å². The molecule has 0 aliphatic rings. The smallest absolute Gasteiger partial charge is 0.462 e. The van der Waals surface area contributed by atoms with Gasteiger partial charge in [0.1, 0.15) is 19.3 Å². The summed E-state index contributed by atoms with van der Waals surface area (Å²) in [7, 11) is -9.92. The van der Waals surface area contributed by atoms with Crippen molar-refractivity contribution in [2.45, 2.75) is 367 Å². The highest BCUT2D eigenvalue weighted by atomic mass is 31.2. The first-order valence-electron chi connectivity index (χ1n) is 37.2. The Bertz CT molecular complexity index is 1900. The van der Waals surface area contributed by atoms with Gasteiger partial charge in [0.25, 0.3) is 0 Å². The van der Waals surface area contributed by atoms with Crippen LogP contribution in [-0.4, -0.2) is 96.7 Å². The van der Waals surface area contributed by atoms with Crippen molar-refractivity contribution >= 4 is 39.5 Å². The van der Waals surface area contributed by atoms with Gasteiger partial charge < -0.3 is 33.8 Å². The average molecular weight is 1350 g/mol. The summed E-state index contributed by atoms with van der Waals surface area (Å²) in [5.41, 5.74) is 0. The Morgan fingerprint density at radius 2 is 0.554 bits per heavy atom. The van der Waals surface area contributed by atoms with Gasteiger partial charge in [-0.2, -0.15) is 0 Å². The van der Waals surface area contributed by atoms with E-state index in [1.807, 2.05) is 0 Å². The summed E-state index contributed by atoms with van der Waals surface area (Å²) in [6, 6.07) is 0. The normalized spacial score (nSPS) is 14.2. The molecule has 0 fully saturated rings. The molecule has 17 nitrogen and oxygen atoms in total. The van der Waals surface area contributed by atoms with E-state index in [9.17, 15) is 43.2 Å². The van der Waals surface area contributed by atoms with Gasteiger partial charge in [-0.1, -0.05) is 282 Å². The van der Waals surface area contributed by atoms with Crippen molar-refractivity contribution < 1.29 is 80.2 Å². The van der Waals surface area contributed by atoms with Gasteiger partial charge in [0, 0.05) is 25.7 Å². The molecule has 3 N–H and O–H groups in total. The Morgan fingerprint density at radius 3 is 0.859 bits per heavy atom. The Labute approximate surface area is 560 Å². The summed E-state index contributed by atoms with van der Waals surface area (Å²) in [4.78, 5) is 72.6. The molecule has 0 bridgehead atoms. The van der Waals surface area contributed by atoms with Gasteiger partial charge in [-0.15, -0.1) is 0 Å². The van der Waals surface area contributed by atoms with Gasteiger partial charge >= 0.3 is 39.5 Å². The van der Waals surface area contributed by atoms with E-state index in [-0.39, 0.29) is 25.7 Å².